The molecule has 6 heteroatoms. The van der Waals surface area contributed by atoms with E-state index in [4.69, 9.17) is 0 Å². The molecule has 2 atom stereocenters. The van der Waals surface area contributed by atoms with Gasteiger partial charge in [0.15, 0.2) is 0 Å². The van der Waals surface area contributed by atoms with Gasteiger partial charge in [-0.05, 0) is 67.2 Å². The molecule has 1 aliphatic rings. The largest absolute Gasteiger partial charge is 0.356 e. The Morgan fingerprint density at radius 2 is 1.85 bits per heavy atom. The highest BCUT2D eigenvalue weighted by molar-refractivity contribution is 5.99. The van der Waals surface area contributed by atoms with Gasteiger partial charge in [0.2, 0.25) is 11.8 Å². The highest BCUT2D eigenvalue weighted by Crippen LogP contribution is 2.25. The molecule has 34 heavy (non-hydrogen) atoms. The lowest BCUT2D eigenvalue weighted by atomic mass is 9.92. The number of hydrogen-bond acceptors (Lipinski definition) is 3. The third-order valence-electron chi connectivity index (χ3n) is 6.43. The van der Waals surface area contributed by atoms with Crippen LogP contribution in [-0.4, -0.2) is 37.4 Å². The van der Waals surface area contributed by atoms with Crippen molar-refractivity contribution in [2.75, 3.05) is 24.5 Å². The van der Waals surface area contributed by atoms with Crippen LogP contribution in [0.15, 0.2) is 18.2 Å². The maximum absolute atomic E-state index is 13.0. The molecule has 2 unspecified atom stereocenters. The molecule has 0 aliphatic carbocycles. The van der Waals surface area contributed by atoms with Gasteiger partial charge in [-0.25, -0.2) is 0 Å². The van der Waals surface area contributed by atoms with E-state index in [0.29, 0.717) is 38.0 Å². The summed E-state index contributed by atoms with van der Waals surface area (Å²) in [6.45, 7) is 14.6. The van der Waals surface area contributed by atoms with Crippen molar-refractivity contribution in [3.63, 3.8) is 0 Å². The molecule has 0 aromatic heterocycles. The Balaban J connectivity index is 1.93. The first-order chi connectivity index (χ1) is 16.0. The van der Waals surface area contributed by atoms with E-state index in [2.05, 4.69) is 51.3 Å². The molecular formula is C28H45N3O3. The molecule has 1 heterocycles. The van der Waals surface area contributed by atoms with Gasteiger partial charge < -0.3 is 15.5 Å². The first-order valence-corrected chi connectivity index (χ1v) is 13.0. The number of carbonyl (C=O) groups excluding carboxylic acids is 3. The maximum Gasteiger partial charge on any atom is 0.251 e. The minimum absolute atomic E-state index is 0.0750. The number of amides is 3. The van der Waals surface area contributed by atoms with Gasteiger partial charge in [-0.15, -0.1) is 0 Å². The summed E-state index contributed by atoms with van der Waals surface area (Å²) in [4.78, 5) is 39.5. The molecule has 1 fully saturated rings. The smallest absolute Gasteiger partial charge is 0.251 e. The lowest BCUT2D eigenvalue weighted by Gasteiger charge is -2.21. The zero-order valence-corrected chi connectivity index (χ0v) is 22.1. The monoisotopic (exact) mass is 471 g/mol. The minimum atomic E-state index is -0.125. The van der Waals surface area contributed by atoms with Crippen LogP contribution in [0.25, 0.3) is 0 Å². The summed E-state index contributed by atoms with van der Waals surface area (Å²) in [5, 5.41) is 6.08. The van der Waals surface area contributed by atoms with Crippen LogP contribution in [0.4, 0.5) is 5.69 Å². The zero-order valence-electron chi connectivity index (χ0n) is 22.1. The van der Waals surface area contributed by atoms with E-state index in [1.807, 2.05) is 19.1 Å². The van der Waals surface area contributed by atoms with Gasteiger partial charge in [-0.2, -0.15) is 0 Å². The van der Waals surface area contributed by atoms with Crippen LogP contribution in [0.2, 0.25) is 0 Å². The van der Waals surface area contributed by atoms with Crippen LogP contribution >= 0.6 is 0 Å². The van der Waals surface area contributed by atoms with Crippen LogP contribution in [0.3, 0.4) is 0 Å². The average molecular weight is 472 g/mol. The van der Waals surface area contributed by atoms with Crippen molar-refractivity contribution in [1.29, 1.82) is 0 Å². The van der Waals surface area contributed by atoms with Crippen molar-refractivity contribution >= 4 is 23.4 Å². The van der Waals surface area contributed by atoms with Gasteiger partial charge in [0.1, 0.15) is 0 Å². The Morgan fingerprint density at radius 1 is 1.12 bits per heavy atom. The first-order valence-electron chi connectivity index (χ1n) is 13.0. The van der Waals surface area contributed by atoms with Crippen LogP contribution in [-0.2, 0) is 16.0 Å². The van der Waals surface area contributed by atoms with Gasteiger partial charge in [0.25, 0.3) is 5.91 Å². The molecule has 2 rings (SSSR count). The van der Waals surface area contributed by atoms with E-state index in [1.54, 1.807) is 4.90 Å². The number of carbonyl (C=O) groups is 3. The SMILES string of the molecule is CCCCc1cc(C(=O)NCC(C)CC(C)C(=O)NCCC(C)(C)C)cc(N2CCCC2=O)c1. The van der Waals surface area contributed by atoms with Gasteiger partial charge in [-0.3, -0.25) is 14.4 Å². The fraction of sp³-hybridized carbons (Fsp3) is 0.679. The molecule has 0 bridgehead atoms. The molecular weight excluding hydrogens is 426 g/mol. The Labute approximate surface area is 206 Å². The molecule has 1 aliphatic heterocycles. The molecule has 3 amide bonds. The lowest BCUT2D eigenvalue weighted by Crippen LogP contribution is -2.34. The van der Waals surface area contributed by atoms with Crippen molar-refractivity contribution in [1.82, 2.24) is 10.6 Å². The van der Waals surface area contributed by atoms with E-state index >= 15 is 0 Å². The predicted molar refractivity (Wildman–Crippen MR) is 139 cm³/mol. The lowest BCUT2D eigenvalue weighted by molar-refractivity contribution is -0.125. The third-order valence-corrected chi connectivity index (χ3v) is 6.43. The second kappa shape index (κ2) is 12.9. The normalized spacial score (nSPS) is 15.8. The Kier molecular flexibility index (Phi) is 10.6. The second-order valence-electron chi connectivity index (χ2n) is 11.2. The Hall–Kier alpha value is -2.37. The molecule has 2 N–H and O–H groups in total. The Morgan fingerprint density at radius 3 is 2.47 bits per heavy atom. The van der Waals surface area contributed by atoms with Gasteiger partial charge in [0.05, 0.1) is 0 Å². The predicted octanol–water partition coefficient (Wildman–Crippen LogP) is 5.10. The zero-order chi connectivity index (χ0) is 25.3. The van der Waals surface area contributed by atoms with Crippen LogP contribution in [0.1, 0.15) is 96.0 Å². The summed E-state index contributed by atoms with van der Waals surface area (Å²) in [6, 6.07) is 5.84. The average Bonchev–Trinajstić information content (AvgIpc) is 3.20. The summed E-state index contributed by atoms with van der Waals surface area (Å²) in [6.07, 6.45) is 6.11. The third kappa shape index (κ3) is 9.11. The van der Waals surface area contributed by atoms with Crippen molar-refractivity contribution in [2.45, 2.75) is 86.5 Å². The first kappa shape index (κ1) is 27.9. The quantitative estimate of drug-likeness (QED) is 0.445. The molecule has 6 nitrogen and oxygen atoms in total. The van der Waals surface area contributed by atoms with E-state index in [-0.39, 0.29) is 35.0 Å². The summed E-state index contributed by atoms with van der Waals surface area (Å²) in [5.74, 6) is 0.154. The fourth-order valence-electron chi connectivity index (χ4n) is 4.31. The van der Waals surface area contributed by atoms with Gasteiger partial charge >= 0.3 is 0 Å². The summed E-state index contributed by atoms with van der Waals surface area (Å²) in [5.41, 5.74) is 2.72. The van der Waals surface area contributed by atoms with Crippen LogP contribution < -0.4 is 15.5 Å². The molecule has 0 radical (unpaired) electrons. The number of nitrogens with zero attached hydrogens (tertiary/aromatic N) is 1. The second-order valence-corrected chi connectivity index (χ2v) is 11.2. The van der Waals surface area contributed by atoms with Crippen molar-refractivity contribution in [3.8, 4) is 0 Å². The highest BCUT2D eigenvalue weighted by Gasteiger charge is 2.23. The summed E-state index contributed by atoms with van der Waals surface area (Å²) < 4.78 is 0. The van der Waals surface area contributed by atoms with E-state index in [1.165, 1.54) is 0 Å². The van der Waals surface area contributed by atoms with Gasteiger partial charge in [-0.1, -0.05) is 48.0 Å². The molecule has 190 valence electrons. The minimum Gasteiger partial charge on any atom is -0.356 e. The fourth-order valence-corrected chi connectivity index (χ4v) is 4.31. The molecule has 1 aromatic carbocycles. The highest BCUT2D eigenvalue weighted by atomic mass is 16.2. The van der Waals surface area contributed by atoms with Crippen molar-refractivity contribution in [3.05, 3.63) is 29.3 Å². The van der Waals surface area contributed by atoms with Crippen molar-refractivity contribution in [2.24, 2.45) is 17.3 Å². The van der Waals surface area contributed by atoms with Crippen LogP contribution in [0, 0.1) is 17.3 Å². The molecule has 0 spiro atoms. The van der Waals surface area contributed by atoms with E-state index < -0.39 is 0 Å². The number of nitrogens with one attached hydrogen (secondary N) is 2. The standard InChI is InChI=1S/C28H45N3O3/c1-7-8-10-22-16-23(18-24(17-22)31-14-9-11-25(31)32)27(34)30-19-20(2)15-21(3)26(33)29-13-12-28(4,5)6/h16-18,20-21H,7-15,19H2,1-6H3,(H,29,33)(H,30,34). The Bertz CT molecular complexity index is 844. The molecule has 1 saturated heterocycles. The number of anilines is 1. The van der Waals surface area contributed by atoms with Crippen LogP contribution in [0.5, 0.6) is 0 Å². The maximum atomic E-state index is 13.0. The number of benzene rings is 1. The number of rotatable bonds is 12. The van der Waals surface area contributed by atoms with Crippen molar-refractivity contribution < 1.29 is 14.4 Å². The van der Waals surface area contributed by atoms with E-state index in [0.717, 1.165) is 43.4 Å². The summed E-state index contributed by atoms with van der Waals surface area (Å²) in [7, 11) is 0. The summed E-state index contributed by atoms with van der Waals surface area (Å²) >= 11 is 0. The van der Waals surface area contributed by atoms with E-state index in [9.17, 15) is 14.4 Å². The molecule has 0 saturated carbocycles. The number of unbranched alkanes of at least 4 members (excludes halogenated alkanes) is 1. The molecule has 1 aromatic rings. The van der Waals surface area contributed by atoms with Gasteiger partial charge in [0, 0.05) is 43.2 Å². The number of aryl methyl sites for hydroxylation is 1. The topological polar surface area (TPSA) is 78.5 Å². The number of hydrogen-bond donors (Lipinski definition) is 2.